The Kier molecular flexibility index (Phi) is 8.12. The van der Waals surface area contributed by atoms with Crippen LogP contribution in [0.15, 0.2) is 18.5 Å². The molecule has 198 valence electrons. The smallest absolute Gasteiger partial charge is 0.308 e. The van der Waals surface area contributed by atoms with E-state index in [2.05, 4.69) is 10.1 Å². The summed E-state index contributed by atoms with van der Waals surface area (Å²) in [6.07, 6.45) is -3.65. The molecule has 3 heterocycles. The van der Waals surface area contributed by atoms with Gasteiger partial charge in [-0.05, 0) is 12.1 Å². The van der Waals surface area contributed by atoms with E-state index in [1.807, 2.05) is 6.07 Å². The number of nitrogens with two attached hydrogens (primary N) is 1. The number of hydrogen-bond acceptors (Lipinski definition) is 11. The summed E-state index contributed by atoms with van der Waals surface area (Å²) in [6.45, 7) is 9.45. The molecule has 0 bridgehead atoms. The summed E-state index contributed by atoms with van der Waals surface area (Å²) in [6, 6.07) is 5.04. The van der Waals surface area contributed by atoms with Crippen LogP contribution in [-0.2, 0) is 38.9 Å². The van der Waals surface area contributed by atoms with E-state index < -0.39 is 65.0 Å². The molecule has 14 heteroatoms. The summed E-state index contributed by atoms with van der Waals surface area (Å²) in [7, 11) is 12.5. The van der Waals surface area contributed by atoms with Crippen molar-refractivity contribution in [1.82, 2.24) is 14.6 Å². The fraction of sp³-hybridized carbons (Fsp3) is 0.583. The number of aromatic nitrogens is 3. The minimum Gasteiger partial charge on any atom is -0.477 e. The van der Waals surface area contributed by atoms with Crippen molar-refractivity contribution in [2.45, 2.75) is 70.9 Å². The van der Waals surface area contributed by atoms with Crippen LogP contribution < -0.4 is 5.73 Å². The molecule has 0 spiro atoms. The van der Waals surface area contributed by atoms with Crippen LogP contribution in [0.25, 0.3) is 5.52 Å². The van der Waals surface area contributed by atoms with Crippen molar-refractivity contribution in [3.63, 3.8) is 0 Å². The lowest BCUT2D eigenvalue weighted by Gasteiger charge is -2.36. The van der Waals surface area contributed by atoms with Crippen LogP contribution >= 0.6 is 0 Å². The molecule has 4 atom stereocenters. The molecule has 1 fully saturated rings. The lowest BCUT2D eigenvalue weighted by Crippen LogP contribution is -2.55. The van der Waals surface area contributed by atoms with Crippen molar-refractivity contribution in [1.29, 1.82) is 5.26 Å². The zero-order chi connectivity index (χ0) is 28.6. The van der Waals surface area contributed by atoms with Gasteiger partial charge in [-0.2, -0.15) is 10.4 Å². The summed E-state index contributed by atoms with van der Waals surface area (Å²) >= 11 is 0. The first kappa shape index (κ1) is 29.0. The fourth-order valence-electron chi connectivity index (χ4n) is 3.82. The minimum absolute atomic E-state index is 0.0599. The van der Waals surface area contributed by atoms with Crippen molar-refractivity contribution in [2.24, 2.45) is 17.8 Å². The number of nitriles is 1. The lowest BCUT2D eigenvalue weighted by atomic mass is 9.60. The highest BCUT2D eigenvalue weighted by Crippen LogP contribution is 2.46. The van der Waals surface area contributed by atoms with Crippen LogP contribution in [0.5, 0.6) is 0 Å². The fourth-order valence-corrected chi connectivity index (χ4v) is 3.82. The van der Waals surface area contributed by atoms with E-state index in [0.29, 0.717) is 5.52 Å². The first-order chi connectivity index (χ1) is 17.7. The monoisotopic (exact) mass is 521 g/mol. The maximum absolute atomic E-state index is 12.9. The second-order valence-corrected chi connectivity index (χ2v) is 10.0. The van der Waals surface area contributed by atoms with Gasteiger partial charge >= 0.3 is 17.9 Å². The molecule has 1 unspecified atom stereocenters. The Hall–Kier alpha value is -3.59. The maximum Gasteiger partial charge on any atom is 0.308 e. The summed E-state index contributed by atoms with van der Waals surface area (Å²) in [5.41, 5.74) is 4.17. The van der Waals surface area contributed by atoms with Gasteiger partial charge in [-0.1, -0.05) is 41.5 Å². The van der Waals surface area contributed by atoms with E-state index in [1.54, 1.807) is 41.5 Å². The molecule has 2 N–H and O–H groups in total. The number of hydrogen-bond donors (Lipinski definition) is 1. The molecule has 2 aromatic rings. The third-order valence-electron chi connectivity index (χ3n) is 5.97. The molecule has 3 rings (SSSR count). The number of rotatable bonds is 8. The second-order valence-electron chi connectivity index (χ2n) is 10.0. The van der Waals surface area contributed by atoms with Crippen LogP contribution in [0.3, 0.4) is 0 Å². The van der Waals surface area contributed by atoms with Crippen LogP contribution in [0.4, 0.5) is 5.82 Å². The first-order valence-electron chi connectivity index (χ1n) is 12.1. The topological polar surface area (TPSA) is 168 Å². The van der Waals surface area contributed by atoms with E-state index in [1.165, 1.54) is 16.6 Å². The summed E-state index contributed by atoms with van der Waals surface area (Å²) < 4.78 is 24.2. The normalized spacial score (nSPS) is 23.5. The van der Waals surface area contributed by atoms with Crippen molar-refractivity contribution in [3.05, 3.63) is 24.2 Å². The predicted molar refractivity (Wildman–Crippen MR) is 134 cm³/mol. The van der Waals surface area contributed by atoms with Crippen molar-refractivity contribution >= 4 is 44.9 Å². The van der Waals surface area contributed by atoms with Gasteiger partial charge in [0.2, 0.25) is 5.60 Å². The molecule has 4 radical (unpaired) electrons. The Morgan fingerprint density at radius 2 is 1.66 bits per heavy atom. The second kappa shape index (κ2) is 10.6. The average molecular weight is 521 g/mol. The van der Waals surface area contributed by atoms with E-state index in [9.17, 15) is 19.6 Å². The van der Waals surface area contributed by atoms with E-state index >= 15 is 0 Å². The zero-order valence-corrected chi connectivity index (χ0v) is 22.1. The molecule has 1 aliphatic rings. The van der Waals surface area contributed by atoms with Crippen LogP contribution in [0.2, 0.25) is 0 Å². The van der Waals surface area contributed by atoms with Crippen LogP contribution in [0.1, 0.15) is 47.2 Å². The van der Waals surface area contributed by atoms with E-state index in [4.69, 9.17) is 40.4 Å². The molecule has 0 amide bonds. The standard InChI is InChI=1S/C24H29B2N5O7/c1-11(2)20(32)35-16-17(36-21(33)12(3)4)23(9-27,15-8-7-14-19(28)29-10-30-31(14)15)37-18(16)24(25,26)38-22(34)13(5)6/h7-8,10-13,16-18H,1-6H3,(H2,28,29,30)/t16-,17+,18?,23-/m0/s1. The van der Waals surface area contributed by atoms with Gasteiger partial charge in [0.1, 0.15) is 39.7 Å². The molecule has 12 nitrogen and oxygen atoms in total. The quantitative estimate of drug-likeness (QED) is 0.296. The number of fused-ring (bicyclic) bond motifs is 1. The van der Waals surface area contributed by atoms with Gasteiger partial charge in [0.05, 0.1) is 28.8 Å². The molecular weight excluding hydrogens is 492 g/mol. The average Bonchev–Trinajstić information content (AvgIpc) is 3.40. The Balaban J connectivity index is 2.27. The Morgan fingerprint density at radius 1 is 1.08 bits per heavy atom. The Morgan fingerprint density at radius 3 is 2.21 bits per heavy atom. The number of nitrogens with zero attached hydrogens (tertiary/aromatic N) is 4. The maximum atomic E-state index is 12.9. The third-order valence-corrected chi connectivity index (χ3v) is 5.97. The molecular formula is C24H29B2N5O7. The third kappa shape index (κ3) is 5.20. The minimum atomic E-state index is -2.41. The molecule has 0 saturated carbocycles. The van der Waals surface area contributed by atoms with E-state index in [-0.39, 0.29) is 11.5 Å². The Labute approximate surface area is 222 Å². The zero-order valence-electron chi connectivity index (χ0n) is 22.1. The molecule has 1 saturated heterocycles. The number of ether oxygens (including phenoxy) is 4. The number of carbonyl (C=O) groups is 3. The number of nitrogen functional groups attached to an aromatic ring is 1. The van der Waals surface area contributed by atoms with Crippen molar-refractivity contribution < 1.29 is 33.3 Å². The van der Waals surface area contributed by atoms with Gasteiger partial charge in [-0.3, -0.25) is 14.4 Å². The highest BCUT2D eigenvalue weighted by Gasteiger charge is 2.65. The first-order valence-corrected chi connectivity index (χ1v) is 12.1. The molecule has 0 aromatic carbocycles. The van der Waals surface area contributed by atoms with Crippen LogP contribution in [0, 0.1) is 29.1 Å². The highest BCUT2D eigenvalue weighted by atomic mass is 16.7. The van der Waals surface area contributed by atoms with Crippen molar-refractivity contribution in [3.8, 4) is 6.07 Å². The van der Waals surface area contributed by atoms with Gasteiger partial charge in [0.25, 0.3) is 0 Å². The molecule has 1 aliphatic heterocycles. The molecule has 2 aromatic heterocycles. The largest absolute Gasteiger partial charge is 0.477 e. The SMILES string of the molecule is [B]C([B])(OC(=O)C(C)C)C1O[C@@](C#N)(c2ccc3c(N)ncnn23)[C@H](OC(=O)C(C)C)[C@@H]1OC(=O)C(C)C. The van der Waals surface area contributed by atoms with Gasteiger partial charge < -0.3 is 24.7 Å². The van der Waals surface area contributed by atoms with Gasteiger partial charge in [0, 0.05) is 0 Å². The Bertz CT molecular complexity index is 1270. The number of carbonyl (C=O) groups excluding carboxylic acids is 3. The number of anilines is 1. The summed E-state index contributed by atoms with van der Waals surface area (Å²) in [5, 5.41) is 12.3. The van der Waals surface area contributed by atoms with Crippen LogP contribution in [-0.4, -0.2) is 71.9 Å². The van der Waals surface area contributed by atoms with Crippen molar-refractivity contribution in [2.75, 3.05) is 5.73 Å². The summed E-state index contributed by atoms with van der Waals surface area (Å²) in [5.74, 6) is -3.99. The molecule has 38 heavy (non-hydrogen) atoms. The highest BCUT2D eigenvalue weighted by molar-refractivity contribution is 6.40. The lowest BCUT2D eigenvalue weighted by molar-refractivity contribution is -0.175. The van der Waals surface area contributed by atoms with E-state index in [0.717, 1.165) is 6.33 Å². The predicted octanol–water partition coefficient (Wildman–Crippen LogP) is 0.755. The number of esters is 3. The van der Waals surface area contributed by atoms with Gasteiger partial charge in [-0.25, -0.2) is 9.50 Å². The molecule has 0 aliphatic carbocycles. The van der Waals surface area contributed by atoms with Gasteiger partial charge in [-0.15, -0.1) is 0 Å². The summed E-state index contributed by atoms with van der Waals surface area (Å²) in [4.78, 5) is 42.0. The van der Waals surface area contributed by atoms with Gasteiger partial charge in [0.15, 0.2) is 18.0 Å².